The molecule has 0 radical (unpaired) electrons. The number of aromatic nitrogens is 2. The topological polar surface area (TPSA) is 59.0 Å². The Hall–Kier alpha value is -2.14. The van der Waals surface area contributed by atoms with Gasteiger partial charge in [0.05, 0.1) is 6.33 Å². The molecular weight excluding hydrogens is 252 g/mol. The number of benzene rings is 1. The van der Waals surface area contributed by atoms with Gasteiger partial charge in [-0.2, -0.15) is 0 Å². The molecule has 20 heavy (non-hydrogen) atoms. The number of rotatable bonds is 5. The van der Waals surface area contributed by atoms with Gasteiger partial charge in [0.15, 0.2) is 0 Å². The van der Waals surface area contributed by atoms with Crippen LogP contribution in [0.1, 0.15) is 23.6 Å². The van der Waals surface area contributed by atoms with Crippen LogP contribution in [0, 0.1) is 6.92 Å². The summed E-state index contributed by atoms with van der Waals surface area (Å²) < 4.78 is 2.04. The van der Waals surface area contributed by atoms with Gasteiger partial charge in [-0.1, -0.05) is 17.7 Å². The standard InChI is InChI=1S/C15H18N4O/c1-11-3-4-13-12(9-11)14(15(20)18-13)17-5-2-7-19-8-6-16-10-19/h3-4,6,8-10,14,17H,2,5,7H2,1H3,(H,18,20). The van der Waals surface area contributed by atoms with Gasteiger partial charge in [-0.05, 0) is 26.0 Å². The van der Waals surface area contributed by atoms with Gasteiger partial charge < -0.3 is 15.2 Å². The predicted octanol–water partition coefficient (Wildman–Crippen LogP) is 1.86. The second-order valence-electron chi connectivity index (χ2n) is 5.12. The number of carbonyl (C=O) groups excluding carboxylic acids is 1. The highest BCUT2D eigenvalue weighted by molar-refractivity contribution is 6.02. The molecule has 0 saturated carbocycles. The Kier molecular flexibility index (Phi) is 3.52. The zero-order chi connectivity index (χ0) is 13.9. The summed E-state index contributed by atoms with van der Waals surface area (Å²) in [6, 6.07) is 5.82. The normalized spacial score (nSPS) is 17.1. The number of hydrogen-bond donors (Lipinski definition) is 2. The first-order chi connectivity index (χ1) is 9.74. The lowest BCUT2D eigenvalue weighted by molar-refractivity contribution is -0.117. The van der Waals surface area contributed by atoms with Gasteiger partial charge in [-0.3, -0.25) is 4.79 Å². The molecule has 0 saturated heterocycles. The molecule has 0 spiro atoms. The minimum absolute atomic E-state index is 0.0354. The van der Waals surface area contributed by atoms with E-state index in [0.717, 1.165) is 30.8 Å². The minimum Gasteiger partial charge on any atom is -0.337 e. The van der Waals surface area contributed by atoms with Crippen molar-refractivity contribution in [2.75, 3.05) is 11.9 Å². The summed E-state index contributed by atoms with van der Waals surface area (Å²) in [5.41, 5.74) is 3.15. The van der Waals surface area contributed by atoms with Crippen molar-refractivity contribution in [1.29, 1.82) is 0 Å². The molecule has 104 valence electrons. The lowest BCUT2D eigenvalue weighted by atomic mass is 10.1. The number of nitrogens with zero attached hydrogens (tertiary/aromatic N) is 2. The van der Waals surface area contributed by atoms with Crippen molar-refractivity contribution >= 4 is 11.6 Å². The highest BCUT2D eigenvalue weighted by Gasteiger charge is 2.29. The van der Waals surface area contributed by atoms with E-state index in [2.05, 4.69) is 21.7 Å². The van der Waals surface area contributed by atoms with E-state index < -0.39 is 0 Å². The van der Waals surface area contributed by atoms with E-state index >= 15 is 0 Å². The smallest absolute Gasteiger partial charge is 0.246 e. The number of aryl methyl sites for hydroxylation is 2. The Bertz CT molecular complexity index is 606. The number of anilines is 1. The molecule has 2 heterocycles. The molecule has 5 nitrogen and oxygen atoms in total. The van der Waals surface area contributed by atoms with E-state index in [9.17, 15) is 4.79 Å². The van der Waals surface area contributed by atoms with Crippen LogP contribution in [0.4, 0.5) is 5.69 Å². The first-order valence-electron chi connectivity index (χ1n) is 6.84. The SMILES string of the molecule is Cc1ccc2c(c1)C(NCCCn1ccnc1)C(=O)N2. The third-order valence-corrected chi connectivity index (χ3v) is 3.54. The van der Waals surface area contributed by atoms with Crippen LogP contribution in [0.3, 0.4) is 0 Å². The van der Waals surface area contributed by atoms with E-state index in [1.807, 2.05) is 29.8 Å². The molecule has 3 rings (SSSR count). The van der Waals surface area contributed by atoms with Crippen LogP contribution < -0.4 is 10.6 Å². The van der Waals surface area contributed by atoms with Crippen molar-refractivity contribution in [3.05, 3.63) is 48.0 Å². The van der Waals surface area contributed by atoms with Gasteiger partial charge in [0, 0.05) is 30.2 Å². The molecule has 2 aromatic rings. The van der Waals surface area contributed by atoms with Gasteiger partial charge in [-0.25, -0.2) is 4.98 Å². The quantitative estimate of drug-likeness (QED) is 0.815. The molecular formula is C15H18N4O. The van der Waals surface area contributed by atoms with E-state index in [1.165, 1.54) is 5.56 Å². The highest BCUT2D eigenvalue weighted by atomic mass is 16.2. The average Bonchev–Trinajstić information content (AvgIpc) is 3.03. The van der Waals surface area contributed by atoms with E-state index in [-0.39, 0.29) is 11.9 Å². The van der Waals surface area contributed by atoms with Crippen molar-refractivity contribution in [3.8, 4) is 0 Å². The molecule has 0 bridgehead atoms. The third kappa shape index (κ3) is 2.58. The number of carbonyl (C=O) groups is 1. The van der Waals surface area contributed by atoms with Gasteiger partial charge in [0.1, 0.15) is 6.04 Å². The lowest BCUT2D eigenvalue weighted by Gasteiger charge is -2.12. The fraction of sp³-hybridized carbons (Fsp3) is 0.333. The Morgan fingerprint density at radius 1 is 1.45 bits per heavy atom. The lowest BCUT2D eigenvalue weighted by Crippen LogP contribution is -2.28. The number of hydrogen-bond acceptors (Lipinski definition) is 3. The van der Waals surface area contributed by atoms with Gasteiger partial charge in [0.25, 0.3) is 0 Å². The molecule has 1 aliphatic rings. The predicted molar refractivity (Wildman–Crippen MR) is 77.4 cm³/mol. The Balaban J connectivity index is 1.58. The summed E-state index contributed by atoms with van der Waals surface area (Å²) in [4.78, 5) is 16.0. The van der Waals surface area contributed by atoms with Gasteiger partial charge in [0.2, 0.25) is 5.91 Å². The van der Waals surface area contributed by atoms with Crippen LogP contribution in [0.25, 0.3) is 0 Å². The van der Waals surface area contributed by atoms with Crippen LogP contribution in [0.2, 0.25) is 0 Å². The van der Waals surface area contributed by atoms with E-state index in [1.54, 1.807) is 12.5 Å². The Labute approximate surface area is 118 Å². The summed E-state index contributed by atoms with van der Waals surface area (Å²) in [6.45, 7) is 3.74. The Morgan fingerprint density at radius 2 is 2.35 bits per heavy atom. The molecule has 2 N–H and O–H groups in total. The summed E-state index contributed by atoms with van der Waals surface area (Å²) in [7, 11) is 0. The molecule has 1 amide bonds. The number of amides is 1. The van der Waals surface area contributed by atoms with Crippen molar-refractivity contribution in [1.82, 2.24) is 14.9 Å². The highest BCUT2D eigenvalue weighted by Crippen LogP contribution is 2.31. The fourth-order valence-electron chi connectivity index (χ4n) is 2.51. The van der Waals surface area contributed by atoms with Gasteiger partial charge in [-0.15, -0.1) is 0 Å². The first kappa shape index (κ1) is 12.9. The third-order valence-electron chi connectivity index (χ3n) is 3.54. The molecule has 0 fully saturated rings. The summed E-state index contributed by atoms with van der Waals surface area (Å²) in [5.74, 6) is 0.0354. The first-order valence-corrected chi connectivity index (χ1v) is 6.84. The average molecular weight is 270 g/mol. The zero-order valence-corrected chi connectivity index (χ0v) is 11.5. The maximum Gasteiger partial charge on any atom is 0.246 e. The number of fused-ring (bicyclic) bond motifs is 1. The van der Waals surface area contributed by atoms with Crippen molar-refractivity contribution in [2.45, 2.75) is 25.9 Å². The maximum absolute atomic E-state index is 12.0. The van der Waals surface area contributed by atoms with Crippen molar-refractivity contribution in [2.24, 2.45) is 0 Å². The maximum atomic E-state index is 12.0. The van der Waals surface area contributed by atoms with Crippen LogP contribution in [-0.4, -0.2) is 22.0 Å². The monoisotopic (exact) mass is 270 g/mol. The molecule has 1 aromatic heterocycles. The molecule has 5 heteroatoms. The summed E-state index contributed by atoms with van der Waals surface area (Å²) >= 11 is 0. The zero-order valence-electron chi connectivity index (χ0n) is 11.5. The summed E-state index contributed by atoms with van der Waals surface area (Å²) in [6.07, 6.45) is 6.49. The fourth-order valence-corrected chi connectivity index (χ4v) is 2.51. The van der Waals surface area contributed by atoms with E-state index in [4.69, 9.17) is 0 Å². The molecule has 0 aliphatic carbocycles. The van der Waals surface area contributed by atoms with Crippen molar-refractivity contribution in [3.63, 3.8) is 0 Å². The van der Waals surface area contributed by atoms with Crippen LogP contribution >= 0.6 is 0 Å². The Morgan fingerprint density at radius 3 is 3.15 bits per heavy atom. The van der Waals surface area contributed by atoms with Crippen LogP contribution in [0.5, 0.6) is 0 Å². The van der Waals surface area contributed by atoms with Crippen molar-refractivity contribution < 1.29 is 4.79 Å². The minimum atomic E-state index is -0.229. The van der Waals surface area contributed by atoms with E-state index in [0.29, 0.717) is 0 Å². The molecule has 1 aliphatic heterocycles. The largest absolute Gasteiger partial charge is 0.337 e. The van der Waals surface area contributed by atoms with Crippen LogP contribution in [0.15, 0.2) is 36.9 Å². The number of imidazole rings is 1. The molecule has 1 atom stereocenters. The molecule has 1 unspecified atom stereocenters. The summed E-state index contributed by atoms with van der Waals surface area (Å²) in [5, 5.41) is 6.24. The second-order valence-corrected chi connectivity index (χ2v) is 5.12. The van der Waals surface area contributed by atoms with Gasteiger partial charge >= 0.3 is 0 Å². The number of nitrogens with one attached hydrogen (secondary N) is 2. The molecule has 1 aromatic carbocycles. The van der Waals surface area contributed by atoms with Crippen LogP contribution in [-0.2, 0) is 11.3 Å². The second kappa shape index (κ2) is 5.46.